The van der Waals surface area contributed by atoms with Crippen molar-refractivity contribution in [1.29, 1.82) is 0 Å². The van der Waals surface area contributed by atoms with Gasteiger partial charge in [-0.3, -0.25) is 4.79 Å². The van der Waals surface area contributed by atoms with Gasteiger partial charge in [0.15, 0.2) is 0 Å². The third-order valence-corrected chi connectivity index (χ3v) is 7.25. The van der Waals surface area contributed by atoms with Gasteiger partial charge in [-0.05, 0) is 74.0 Å². The summed E-state index contributed by atoms with van der Waals surface area (Å²) >= 11 is 0. The molecule has 0 saturated heterocycles. The lowest BCUT2D eigenvalue weighted by molar-refractivity contribution is -0.150. The Hall–Kier alpha value is -2.17. The molecule has 4 fully saturated rings. The Labute approximate surface area is 160 Å². The first-order chi connectivity index (χ1) is 13.0. The number of aromatic nitrogens is 3. The van der Waals surface area contributed by atoms with Crippen LogP contribution in [-0.2, 0) is 10.3 Å². The average Bonchev–Trinajstić information content (AvgIpc) is 3.16. The number of carbonyl (C=O) groups is 1. The van der Waals surface area contributed by atoms with E-state index in [9.17, 15) is 4.79 Å². The van der Waals surface area contributed by atoms with Crippen LogP contribution < -0.4 is 5.32 Å². The fraction of sp³-hybridized carbons (Fsp3) is 0.591. The number of carbonyl (C=O) groups excluding carboxylic acids is 1. The van der Waals surface area contributed by atoms with Crippen LogP contribution in [0.3, 0.4) is 0 Å². The standard InChI is InChI=1S/C22H28N4O/c1-15(2)18-3-5-19(6-4-18)25-20(27)21-8-16-7-17(9-21)11-22(10-16,12-21)26-14-23-13-24-26/h3-6,13-17H,7-12H2,1-2H3,(H,25,27)/t16-,17-,21?,22?/m1/s1. The van der Waals surface area contributed by atoms with E-state index in [-0.39, 0.29) is 16.9 Å². The molecule has 0 spiro atoms. The molecule has 4 bridgehead atoms. The maximum absolute atomic E-state index is 13.4. The van der Waals surface area contributed by atoms with Crippen molar-refractivity contribution >= 4 is 11.6 Å². The first kappa shape index (κ1) is 17.0. The summed E-state index contributed by atoms with van der Waals surface area (Å²) in [6.45, 7) is 4.37. The Balaban J connectivity index is 1.41. The van der Waals surface area contributed by atoms with E-state index < -0.39 is 0 Å². The summed E-state index contributed by atoms with van der Waals surface area (Å²) in [6.07, 6.45) is 9.98. The molecule has 0 radical (unpaired) electrons. The SMILES string of the molecule is CC(C)c1ccc(NC(=O)C23C[C@H]4C[C@H](C2)CC(n2cncn2)(C4)C3)cc1. The molecule has 1 aromatic carbocycles. The zero-order valence-electron chi connectivity index (χ0n) is 16.2. The summed E-state index contributed by atoms with van der Waals surface area (Å²) in [6, 6.07) is 8.33. The molecule has 5 nitrogen and oxygen atoms in total. The molecule has 1 aromatic heterocycles. The molecule has 2 aromatic rings. The van der Waals surface area contributed by atoms with Crippen LogP contribution >= 0.6 is 0 Å². The number of hydrogen-bond acceptors (Lipinski definition) is 3. The Morgan fingerprint density at radius 1 is 1.15 bits per heavy atom. The first-order valence-corrected chi connectivity index (χ1v) is 10.2. The van der Waals surface area contributed by atoms with E-state index in [0.717, 1.165) is 37.8 Å². The molecule has 1 N–H and O–H groups in total. The van der Waals surface area contributed by atoms with Crippen LogP contribution in [0.1, 0.15) is 63.9 Å². The molecule has 2 atom stereocenters. The van der Waals surface area contributed by atoms with Crippen LogP contribution in [0.4, 0.5) is 5.69 Å². The van der Waals surface area contributed by atoms with Gasteiger partial charge in [0.25, 0.3) is 0 Å². The fourth-order valence-corrected chi connectivity index (χ4v) is 6.42. The second-order valence-corrected chi connectivity index (χ2v) is 9.54. The van der Waals surface area contributed by atoms with Gasteiger partial charge in [0.2, 0.25) is 5.91 Å². The van der Waals surface area contributed by atoms with Crippen molar-refractivity contribution in [2.45, 2.75) is 63.8 Å². The lowest BCUT2D eigenvalue weighted by atomic mass is 9.46. The molecule has 4 aliphatic carbocycles. The van der Waals surface area contributed by atoms with E-state index in [4.69, 9.17) is 0 Å². The maximum Gasteiger partial charge on any atom is 0.230 e. The zero-order chi connectivity index (χ0) is 18.6. The van der Waals surface area contributed by atoms with Crippen molar-refractivity contribution in [2.75, 3.05) is 5.32 Å². The van der Waals surface area contributed by atoms with Gasteiger partial charge in [-0.25, -0.2) is 9.67 Å². The molecule has 4 aliphatic rings. The molecule has 0 aliphatic heterocycles. The van der Waals surface area contributed by atoms with Crippen LogP contribution in [0, 0.1) is 17.3 Å². The topological polar surface area (TPSA) is 59.8 Å². The maximum atomic E-state index is 13.4. The summed E-state index contributed by atoms with van der Waals surface area (Å²) in [5.74, 6) is 1.97. The van der Waals surface area contributed by atoms with Crippen molar-refractivity contribution in [3.8, 4) is 0 Å². The first-order valence-electron chi connectivity index (χ1n) is 10.2. The number of rotatable bonds is 4. The van der Waals surface area contributed by atoms with E-state index in [2.05, 4.69) is 46.1 Å². The van der Waals surface area contributed by atoms with E-state index in [1.807, 2.05) is 18.5 Å². The number of hydrogen-bond donors (Lipinski definition) is 1. The lowest BCUT2D eigenvalue weighted by Crippen LogP contribution is -2.60. The number of amides is 1. The Morgan fingerprint density at radius 3 is 2.44 bits per heavy atom. The highest BCUT2D eigenvalue weighted by Crippen LogP contribution is 2.64. The van der Waals surface area contributed by atoms with Gasteiger partial charge in [0, 0.05) is 5.69 Å². The molecule has 5 heteroatoms. The second-order valence-electron chi connectivity index (χ2n) is 9.54. The van der Waals surface area contributed by atoms with Crippen LogP contribution in [0.15, 0.2) is 36.9 Å². The highest BCUT2D eigenvalue weighted by molar-refractivity contribution is 5.95. The Morgan fingerprint density at radius 2 is 1.85 bits per heavy atom. The molecule has 1 amide bonds. The predicted octanol–water partition coefficient (Wildman–Crippen LogP) is 4.34. The van der Waals surface area contributed by atoms with Gasteiger partial charge in [-0.1, -0.05) is 26.0 Å². The third-order valence-electron chi connectivity index (χ3n) is 7.25. The fourth-order valence-electron chi connectivity index (χ4n) is 6.42. The van der Waals surface area contributed by atoms with Gasteiger partial charge in [-0.15, -0.1) is 0 Å². The Bertz CT molecular complexity index is 826. The van der Waals surface area contributed by atoms with Crippen LogP contribution in [0.2, 0.25) is 0 Å². The molecular formula is C22H28N4O. The van der Waals surface area contributed by atoms with Crippen molar-refractivity contribution in [2.24, 2.45) is 17.3 Å². The van der Waals surface area contributed by atoms with Crippen molar-refractivity contribution in [3.05, 3.63) is 42.5 Å². The minimum atomic E-state index is -0.257. The summed E-state index contributed by atoms with van der Waals surface area (Å²) in [5.41, 5.74) is 1.94. The van der Waals surface area contributed by atoms with E-state index in [1.165, 1.54) is 12.0 Å². The van der Waals surface area contributed by atoms with E-state index >= 15 is 0 Å². The molecule has 6 rings (SSSR count). The number of anilines is 1. The minimum Gasteiger partial charge on any atom is -0.326 e. The van der Waals surface area contributed by atoms with Crippen LogP contribution in [0.5, 0.6) is 0 Å². The highest BCUT2D eigenvalue weighted by Gasteiger charge is 2.61. The van der Waals surface area contributed by atoms with Crippen LogP contribution in [-0.4, -0.2) is 20.7 Å². The smallest absolute Gasteiger partial charge is 0.230 e. The molecule has 27 heavy (non-hydrogen) atoms. The Kier molecular flexibility index (Phi) is 3.72. The van der Waals surface area contributed by atoms with Crippen molar-refractivity contribution in [1.82, 2.24) is 14.8 Å². The lowest BCUT2D eigenvalue weighted by Gasteiger charge is -2.60. The van der Waals surface area contributed by atoms with Gasteiger partial charge >= 0.3 is 0 Å². The highest BCUT2D eigenvalue weighted by atomic mass is 16.2. The summed E-state index contributed by atoms with van der Waals surface area (Å²) < 4.78 is 2.06. The number of benzene rings is 1. The number of nitrogens with zero attached hydrogens (tertiary/aromatic N) is 3. The molecule has 1 heterocycles. The van der Waals surface area contributed by atoms with Gasteiger partial charge in [-0.2, -0.15) is 5.10 Å². The van der Waals surface area contributed by atoms with Gasteiger partial charge < -0.3 is 5.32 Å². The van der Waals surface area contributed by atoms with Crippen molar-refractivity contribution < 1.29 is 4.79 Å². The zero-order valence-corrected chi connectivity index (χ0v) is 16.2. The second kappa shape index (κ2) is 5.91. The van der Waals surface area contributed by atoms with Crippen LogP contribution in [0.25, 0.3) is 0 Å². The van der Waals surface area contributed by atoms with E-state index in [0.29, 0.717) is 17.8 Å². The number of nitrogens with one attached hydrogen (secondary N) is 1. The predicted molar refractivity (Wildman–Crippen MR) is 104 cm³/mol. The van der Waals surface area contributed by atoms with Crippen molar-refractivity contribution in [3.63, 3.8) is 0 Å². The summed E-state index contributed by atoms with van der Waals surface area (Å²) in [4.78, 5) is 17.6. The molecule has 0 unspecified atom stereocenters. The largest absolute Gasteiger partial charge is 0.326 e. The summed E-state index contributed by atoms with van der Waals surface area (Å²) in [5, 5.41) is 7.72. The molecule has 142 valence electrons. The van der Waals surface area contributed by atoms with Gasteiger partial charge in [0.1, 0.15) is 12.7 Å². The quantitative estimate of drug-likeness (QED) is 0.878. The van der Waals surface area contributed by atoms with Gasteiger partial charge in [0.05, 0.1) is 11.0 Å². The third kappa shape index (κ3) is 2.70. The monoisotopic (exact) mass is 364 g/mol. The minimum absolute atomic E-state index is 0.0145. The van der Waals surface area contributed by atoms with E-state index in [1.54, 1.807) is 6.33 Å². The summed E-state index contributed by atoms with van der Waals surface area (Å²) in [7, 11) is 0. The average molecular weight is 364 g/mol. The molecule has 4 saturated carbocycles. The normalized spacial score (nSPS) is 34.2. The molecular weight excluding hydrogens is 336 g/mol.